The fourth-order valence-electron chi connectivity index (χ4n) is 2.27. The number of nitrogens with one attached hydrogen (secondary N) is 1. The minimum absolute atomic E-state index is 0.0647. The summed E-state index contributed by atoms with van der Waals surface area (Å²) < 4.78 is 27.3. The Bertz CT molecular complexity index is 1040. The Balaban J connectivity index is 1.65. The Morgan fingerprint density at radius 3 is 2.77 bits per heavy atom. The van der Waals surface area contributed by atoms with Crippen LogP contribution in [0.25, 0.3) is 10.9 Å². The van der Waals surface area contributed by atoms with E-state index in [9.17, 15) is 18.4 Å². The highest BCUT2D eigenvalue weighted by atomic mass is 32.2. The number of benzene rings is 2. The van der Waals surface area contributed by atoms with Crippen LogP contribution in [0.2, 0.25) is 0 Å². The van der Waals surface area contributed by atoms with Gasteiger partial charge in [0.2, 0.25) is 5.91 Å². The molecule has 0 aliphatic rings. The minimum atomic E-state index is -0.732. The van der Waals surface area contributed by atoms with Gasteiger partial charge in [-0.3, -0.25) is 9.59 Å². The highest BCUT2D eigenvalue weighted by molar-refractivity contribution is 7.99. The topological polar surface area (TPSA) is 90.0 Å². The van der Waals surface area contributed by atoms with Crippen molar-refractivity contribution in [3.63, 3.8) is 0 Å². The summed E-state index contributed by atoms with van der Waals surface area (Å²) in [5, 5.41) is 3.10. The van der Waals surface area contributed by atoms with E-state index in [4.69, 9.17) is 5.84 Å². The average molecular weight is 376 g/mol. The van der Waals surface area contributed by atoms with Gasteiger partial charge < -0.3 is 11.2 Å². The third-order valence-electron chi connectivity index (χ3n) is 3.60. The first-order chi connectivity index (χ1) is 12.5. The quantitative estimate of drug-likeness (QED) is 0.403. The zero-order valence-electron chi connectivity index (χ0n) is 13.4. The molecule has 0 fully saturated rings. The first-order valence-corrected chi connectivity index (χ1v) is 8.54. The van der Waals surface area contributed by atoms with Crippen LogP contribution in [0.15, 0.2) is 52.4 Å². The van der Waals surface area contributed by atoms with Gasteiger partial charge in [-0.25, -0.2) is 18.4 Å². The molecule has 3 N–H and O–H groups in total. The summed E-state index contributed by atoms with van der Waals surface area (Å²) in [6.07, 6.45) is 0. The number of hydrogen-bond acceptors (Lipinski definition) is 5. The maximum absolute atomic E-state index is 13.5. The molecular formula is C17H14F2N4O2S. The zero-order valence-corrected chi connectivity index (χ0v) is 14.2. The van der Waals surface area contributed by atoms with Crippen LogP contribution in [-0.4, -0.2) is 21.3 Å². The molecule has 0 unspecified atom stereocenters. The first kappa shape index (κ1) is 17.9. The molecule has 9 heteroatoms. The minimum Gasteiger partial charge on any atom is -0.351 e. The van der Waals surface area contributed by atoms with E-state index in [0.29, 0.717) is 10.9 Å². The molecule has 26 heavy (non-hydrogen) atoms. The SMILES string of the molecule is Nn1c(SCC(=O)NCc2ccc(F)cc2F)nc2ccccc2c1=O. The average Bonchev–Trinajstić information content (AvgIpc) is 2.63. The van der Waals surface area contributed by atoms with E-state index in [0.717, 1.165) is 28.6 Å². The summed E-state index contributed by atoms with van der Waals surface area (Å²) in [4.78, 5) is 28.4. The predicted molar refractivity (Wildman–Crippen MR) is 95.1 cm³/mol. The number of aromatic nitrogens is 2. The lowest BCUT2D eigenvalue weighted by atomic mass is 10.2. The van der Waals surface area contributed by atoms with Crippen LogP contribution in [0.3, 0.4) is 0 Å². The number of rotatable bonds is 5. The number of thioether (sulfide) groups is 1. The number of amides is 1. The van der Waals surface area contributed by atoms with E-state index in [1.54, 1.807) is 24.3 Å². The van der Waals surface area contributed by atoms with E-state index >= 15 is 0 Å². The smallest absolute Gasteiger partial charge is 0.280 e. The van der Waals surface area contributed by atoms with Crippen LogP contribution >= 0.6 is 11.8 Å². The molecule has 0 aliphatic carbocycles. The molecule has 0 radical (unpaired) electrons. The van der Waals surface area contributed by atoms with E-state index < -0.39 is 23.1 Å². The highest BCUT2D eigenvalue weighted by Crippen LogP contribution is 2.16. The van der Waals surface area contributed by atoms with Crippen molar-refractivity contribution in [3.05, 3.63) is 70.0 Å². The maximum Gasteiger partial charge on any atom is 0.280 e. The van der Waals surface area contributed by atoms with Gasteiger partial charge in [-0.1, -0.05) is 30.0 Å². The molecule has 134 valence electrons. The second kappa shape index (κ2) is 7.52. The highest BCUT2D eigenvalue weighted by Gasteiger charge is 2.12. The maximum atomic E-state index is 13.5. The fraction of sp³-hybridized carbons (Fsp3) is 0.118. The molecule has 0 saturated heterocycles. The van der Waals surface area contributed by atoms with E-state index in [1.165, 1.54) is 6.07 Å². The van der Waals surface area contributed by atoms with Gasteiger partial charge in [0, 0.05) is 18.2 Å². The zero-order chi connectivity index (χ0) is 18.7. The van der Waals surface area contributed by atoms with Crippen molar-refractivity contribution in [2.24, 2.45) is 0 Å². The number of halogens is 2. The Kier molecular flexibility index (Phi) is 5.17. The molecule has 1 amide bonds. The molecule has 3 aromatic rings. The largest absolute Gasteiger partial charge is 0.351 e. The molecule has 0 saturated carbocycles. The number of carbonyl (C=O) groups excluding carboxylic acids is 1. The number of nitrogen functional groups attached to an aromatic ring is 1. The number of nitrogens with two attached hydrogens (primary N) is 1. The van der Waals surface area contributed by atoms with Crippen molar-refractivity contribution in [2.75, 3.05) is 11.6 Å². The van der Waals surface area contributed by atoms with Crippen LogP contribution < -0.4 is 16.7 Å². The summed E-state index contributed by atoms with van der Waals surface area (Å²) in [6.45, 7) is -0.0773. The summed E-state index contributed by atoms with van der Waals surface area (Å²) in [6, 6.07) is 9.88. The molecule has 3 rings (SSSR count). The standard InChI is InChI=1S/C17H14F2N4O2S/c18-11-6-5-10(13(19)7-11)8-21-15(24)9-26-17-22-14-4-2-1-3-12(14)16(25)23(17)20/h1-7H,8-9,20H2,(H,21,24). The molecule has 0 bridgehead atoms. The van der Waals surface area contributed by atoms with Gasteiger partial charge in [-0.05, 0) is 18.2 Å². The Morgan fingerprint density at radius 2 is 2.00 bits per heavy atom. The van der Waals surface area contributed by atoms with Crippen LogP contribution in [0.4, 0.5) is 8.78 Å². The van der Waals surface area contributed by atoms with Crippen molar-refractivity contribution < 1.29 is 13.6 Å². The van der Waals surface area contributed by atoms with Crippen molar-refractivity contribution in [1.82, 2.24) is 15.0 Å². The third-order valence-corrected chi connectivity index (χ3v) is 4.55. The van der Waals surface area contributed by atoms with Gasteiger partial charge in [-0.15, -0.1) is 0 Å². The van der Waals surface area contributed by atoms with Crippen molar-refractivity contribution in [3.8, 4) is 0 Å². The van der Waals surface area contributed by atoms with Gasteiger partial charge in [0.05, 0.1) is 16.7 Å². The van der Waals surface area contributed by atoms with Crippen molar-refractivity contribution in [2.45, 2.75) is 11.7 Å². The molecule has 1 heterocycles. The Hall–Kier alpha value is -2.94. The number of nitrogens with zero attached hydrogens (tertiary/aromatic N) is 2. The number of hydrogen-bond donors (Lipinski definition) is 2. The molecule has 6 nitrogen and oxygen atoms in total. The van der Waals surface area contributed by atoms with E-state index in [2.05, 4.69) is 10.3 Å². The molecular weight excluding hydrogens is 362 g/mol. The van der Waals surface area contributed by atoms with E-state index in [-0.39, 0.29) is 23.0 Å². The van der Waals surface area contributed by atoms with Crippen LogP contribution in [-0.2, 0) is 11.3 Å². The van der Waals surface area contributed by atoms with E-state index in [1.807, 2.05) is 0 Å². The van der Waals surface area contributed by atoms with Gasteiger partial charge in [0.25, 0.3) is 5.56 Å². The van der Waals surface area contributed by atoms with Crippen LogP contribution in [0.1, 0.15) is 5.56 Å². The van der Waals surface area contributed by atoms with Crippen LogP contribution in [0, 0.1) is 11.6 Å². The predicted octanol–water partition coefficient (Wildman–Crippen LogP) is 1.80. The van der Waals surface area contributed by atoms with Gasteiger partial charge in [0.1, 0.15) is 11.6 Å². The molecule has 0 aliphatic heterocycles. The number of carbonyl (C=O) groups is 1. The molecule has 0 atom stereocenters. The fourth-order valence-corrected chi connectivity index (χ4v) is 3.01. The first-order valence-electron chi connectivity index (χ1n) is 7.56. The van der Waals surface area contributed by atoms with Crippen molar-refractivity contribution in [1.29, 1.82) is 0 Å². The number of para-hydroxylation sites is 1. The summed E-state index contributed by atoms with van der Waals surface area (Å²) in [5.74, 6) is 3.86. The number of fused-ring (bicyclic) bond motifs is 1. The van der Waals surface area contributed by atoms with Gasteiger partial charge in [0.15, 0.2) is 5.16 Å². The van der Waals surface area contributed by atoms with Gasteiger partial charge in [-0.2, -0.15) is 0 Å². The summed E-state index contributed by atoms with van der Waals surface area (Å²) in [7, 11) is 0. The normalized spacial score (nSPS) is 10.8. The second-order valence-electron chi connectivity index (χ2n) is 5.39. The monoisotopic (exact) mass is 376 g/mol. The Morgan fingerprint density at radius 1 is 1.23 bits per heavy atom. The lowest BCUT2D eigenvalue weighted by molar-refractivity contribution is -0.118. The summed E-state index contributed by atoms with van der Waals surface area (Å²) in [5.41, 5.74) is 0.242. The molecule has 0 spiro atoms. The van der Waals surface area contributed by atoms with Crippen LogP contribution in [0.5, 0.6) is 0 Å². The second-order valence-corrected chi connectivity index (χ2v) is 6.33. The lowest BCUT2D eigenvalue weighted by Gasteiger charge is -2.09. The third kappa shape index (κ3) is 3.83. The van der Waals surface area contributed by atoms with Crippen molar-refractivity contribution >= 4 is 28.6 Å². The summed E-state index contributed by atoms with van der Waals surface area (Å²) >= 11 is 0.987. The molecule has 2 aromatic carbocycles. The van der Waals surface area contributed by atoms with Gasteiger partial charge >= 0.3 is 0 Å². The Labute approximate surface area is 151 Å². The lowest BCUT2D eigenvalue weighted by Crippen LogP contribution is -2.31. The molecule has 1 aromatic heterocycles.